The summed E-state index contributed by atoms with van der Waals surface area (Å²) in [6, 6.07) is 20.4. The van der Waals surface area contributed by atoms with Gasteiger partial charge in [-0.1, -0.05) is 24.3 Å². The molecule has 1 aromatic heterocycles. The zero-order valence-corrected chi connectivity index (χ0v) is 21.8. The SMILES string of the molecule is COc1ccc(OC)c(CCNC(=O)C2CCN(c3nc4ccccc4n3Cc3ccc(F)cc3)CC2)c1. The molecule has 0 spiro atoms. The molecule has 1 aliphatic rings. The molecule has 0 saturated carbocycles. The summed E-state index contributed by atoms with van der Waals surface area (Å²) in [5, 5.41) is 3.11. The number of benzene rings is 3. The highest BCUT2D eigenvalue weighted by Crippen LogP contribution is 2.28. The molecule has 8 heteroatoms. The molecule has 0 unspecified atom stereocenters. The zero-order valence-electron chi connectivity index (χ0n) is 21.8. The second-order valence-electron chi connectivity index (χ2n) is 9.59. The number of fused-ring (bicyclic) bond motifs is 1. The first kappa shape index (κ1) is 25.6. The van der Waals surface area contributed by atoms with Gasteiger partial charge < -0.3 is 24.3 Å². The third kappa shape index (κ3) is 5.59. The molecule has 2 heterocycles. The number of rotatable bonds is 9. The molecule has 0 bridgehead atoms. The van der Waals surface area contributed by atoms with Crippen LogP contribution in [0.25, 0.3) is 11.0 Å². The Kier molecular flexibility index (Phi) is 7.77. The summed E-state index contributed by atoms with van der Waals surface area (Å²) in [5.74, 6) is 2.26. The summed E-state index contributed by atoms with van der Waals surface area (Å²) in [4.78, 5) is 20.1. The van der Waals surface area contributed by atoms with Gasteiger partial charge in [-0.05, 0) is 72.9 Å². The summed E-state index contributed by atoms with van der Waals surface area (Å²) in [6.07, 6.45) is 2.18. The van der Waals surface area contributed by atoms with Crippen LogP contribution in [0.2, 0.25) is 0 Å². The monoisotopic (exact) mass is 516 g/mol. The first-order valence-electron chi connectivity index (χ1n) is 13.0. The minimum absolute atomic E-state index is 0.0339. The fourth-order valence-electron chi connectivity index (χ4n) is 5.12. The second kappa shape index (κ2) is 11.5. The highest BCUT2D eigenvalue weighted by Gasteiger charge is 2.27. The first-order valence-corrected chi connectivity index (χ1v) is 13.0. The van der Waals surface area contributed by atoms with Gasteiger partial charge >= 0.3 is 0 Å². The van der Waals surface area contributed by atoms with Gasteiger partial charge in [-0.3, -0.25) is 4.79 Å². The Morgan fingerprint density at radius 1 is 1.03 bits per heavy atom. The van der Waals surface area contributed by atoms with Crippen LogP contribution in [0.5, 0.6) is 11.5 Å². The van der Waals surface area contributed by atoms with Gasteiger partial charge in [-0.15, -0.1) is 0 Å². The maximum Gasteiger partial charge on any atom is 0.223 e. The van der Waals surface area contributed by atoms with Crippen LogP contribution >= 0.6 is 0 Å². The van der Waals surface area contributed by atoms with Gasteiger partial charge in [0.1, 0.15) is 17.3 Å². The number of carbonyl (C=O) groups is 1. The van der Waals surface area contributed by atoms with Gasteiger partial charge in [0.25, 0.3) is 0 Å². The largest absolute Gasteiger partial charge is 0.497 e. The van der Waals surface area contributed by atoms with Crippen LogP contribution in [0.1, 0.15) is 24.0 Å². The highest BCUT2D eigenvalue weighted by molar-refractivity contribution is 5.80. The van der Waals surface area contributed by atoms with Crippen LogP contribution in [0.15, 0.2) is 66.7 Å². The van der Waals surface area contributed by atoms with Gasteiger partial charge in [-0.2, -0.15) is 0 Å². The van der Waals surface area contributed by atoms with E-state index in [0.717, 1.165) is 65.5 Å². The summed E-state index contributed by atoms with van der Waals surface area (Å²) in [5.41, 5.74) is 3.98. The van der Waals surface area contributed by atoms with Gasteiger partial charge in [-0.25, -0.2) is 9.37 Å². The van der Waals surface area contributed by atoms with E-state index in [4.69, 9.17) is 14.5 Å². The number of para-hydroxylation sites is 2. The predicted octanol–water partition coefficient (Wildman–Crippen LogP) is 4.82. The smallest absolute Gasteiger partial charge is 0.223 e. The average Bonchev–Trinajstić information content (AvgIpc) is 3.32. The molecule has 1 saturated heterocycles. The molecular weight excluding hydrogens is 483 g/mol. The molecule has 1 aliphatic heterocycles. The topological polar surface area (TPSA) is 68.6 Å². The second-order valence-corrected chi connectivity index (χ2v) is 9.59. The van der Waals surface area contributed by atoms with Crippen molar-refractivity contribution in [1.82, 2.24) is 14.9 Å². The number of anilines is 1. The lowest BCUT2D eigenvalue weighted by Crippen LogP contribution is -2.42. The number of carbonyl (C=O) groups excluding carboxylic acids is 1. The molecule has 0 aliphatic carbocycles. The van der Waals surface area contributed by atoms with Gasteiger partial charge in [0, 0.05) is 25.6 Å². The molecule has 3 aromatic carbocycles. The highest BCUT2D eigenvalue weighted by atomic mass is 19.1. The number of ether oxygens (including phenoxy) is 2. The van der Waals surface area contributed by atoms with Crippen molar-refractivity contribution in [1.29, 1.82) is 0 Å². The average molecular weight is 517 g/mol. The van der Waals surface area contributed by atoms with Crippen LogP contribution in [0, 0.1) is 11.7 Å². The van der Waals surface area contributed by atoms with Crippen molar-refractivity contribution in [2.75, 3.05) is 38.8 Å². The number of nitrogens with zero attached hydrogens (tertiary/aromatic N) is 3. The lowest BCUT2D eigenvalue weighted by Gasteiger charge is -2.32. The van der Waals surface area contributed by atoms with E-state index in [1.807, 2.05) is 48.5 Å². The Balaban J connectivity index is 1.21. The molecule has 0 atom stereocenters. The number of aromatic nitrogens is 2. The summed E-state index contributed by atoms with van der Waals surface area (Å²) in [6.45, 7) is 2.63. The molecule has 5 rings (SSSR count). The van der Waals surface area contributed by atoms with E-state index in [1.165, 1.54) is 12.1 Å². The van der Waals surface area contributed by atoms with Crippen molar-refractivity contribution in [2.45, 2.75) is 25.8 Å². The van der Waals surface area contributed by atoms with E-state index >= 15 is 0 Å². The number of halogens is 1. The lowest BCUT2D eigenvalue weighted by molar-refractivity contribution is -0.125. The lowest BCUT2D eigenvalue weighted by atomic mass is 9.96. The van der Waals surface area contributed by atoms with E-state index in [2.05, 4.69) is 20.9 Å². The molecule has 7 nitrogen and oxygen atoms in total. The standard InChI is InChI=1S/C30H33FN4O3/c1-37-25-11-12-28(38-2)23(19-25)13-16-32-29(36)22-14-17-34(18-15-22)30-33-26-5-3-4-6-27(26)35(30)20-21-7-9-24(31)10-8-21/h3-12,19,22H,13-18,20H2,1-2H3,(H,32,36). The quantitative estimate of drug-likeness (QED) is 0.346. The first-order chi connectivity index (χ1) is 18.6. The molecule has 1 N–H and O–H groups in total. The third-order valence-corrected chi connectivity index (χ3v) is 7.22. The zero-order chi connectivity index (χ0) is 26.5. The Morgan fingerprint density at radius 3 is 2.53 bits per heavy atom. The van der Waals surface area contributed by atoms with Gasteiger partial charge in [0.15, 0.2) is 0 Å². The molecule has 4 aromatic rings. The van der Waals surface area contributed by atoms with E-state index in [9.17, 15) is 9.18 Å². The van der Waals surface area contributed by atoms with Gasteiger partial charge in [0.05, 0.1) is 31.8 Å². The van der Waals surface area contributed by atoms with Crippen molar-refractivity contribution in [3.63, 3.8) is 0 Å². The fourth-order valence-corrected chi connectivity index (χ4v) is 5.12. The molecule has 38 heavy (non-hydrogen) atoms. The number of hydrogen-bond acceptors (Lipinski definition) is 5. The van der Waals surface area contributed by atoms with E-state index in [-0.39, 0.29) is 17.6 Å². The van der Waals surface area contributed by atoms with Gasteiger partial charge in [0.2, 0.25) is 11.9 Å². The Labute approximate surface area is 222 Å². The Bertz CT molecular complexity index is 1390. The van der Waals surface area contributed by atoms with Crippen molar-refractivity contribution >= 4 is 22.9 Å². The van der Waals surface area contributed by atoms with Crippen LogP contribution in [0.4, 0.5) is 10.3 Å². The van der Waals surface area contributed by atoms with Crippen molar-refractivity contribution in [3.05, 3.63) is 83.7 Å². The molecule has 1 amide bonds. The number of nitrogens with one attached hydrogen (secondary N) is 1. The number of imidazole rings is 1. The van der Waals surface area contributed by atoms with E-state index in [1.54, 1.807) is 14.2 Å². The maximum absolute atomic E-state index is 13.4. The van der Waals surface area contributed by atoms with E-state index < -0.39 is 0 Å². The number of amides is 1. The number of hydrogen-bond donors (Lipinski definition) is 1. The summed E-state index contributed by atoms with van der Waals surface area (Å²) in [7, 11) is 3.28. The molecular formula is C30H33FN4O3. The molecule has 0 radical (unpaired) electrons. The summed E-state index contributed by atoms with van der Waals surface area (Å²) < 4.78 is 26.4. The minimum atomic E-state index is -0.243. The molecule has 1 fully saturated rings. The Morgan fingerprint density at radius 2 is 1.79 bits per heavy atom. The van der Waals surface area contributed by atoms with Crippen LogP contribution in [-0.4, -0.2) is 49.3 Å². The minimum Gasteiger partial charge on any atom is -0.497 e. The number of piperidine rings is 1. The predicted molar refractivity (Wildman–Crippen MR) is 146 cm³/mol. The van der Waals surface area contributed by atoms with Crippen LogP contribution in [-0.2, 0) is 17.8 Å². The van der Waals surface area contributed by atoms with Crippen molar-refractivity contribution < 1.29 is 18.7 Å². The normalized spacial score (nSPS) is 14.0. The fraction of sp³-hybridized carbons (Fsp3) is 0.333. The van der Waals surface area contributed by atoms with Crippen LogP contribution in [0.3, 0.4) is 0 Å². The maximum atomic E-state index is 13.4. The van der Waals surface area contributed by atoms with Crippen molar-refractivity contribution in [3.8, 4) is 11.5 Å². The third-order valence-electron chi connectivity index (χ3n) is 7.22. The Hall–Kier alpha value is -4.07. The van der Waals surface area contributed by atoms with Crippen LogP contribution < -0.4 is 19.7 Å². The molecule has 198 valence electrons. The van der Waals surface area contributed by atoms with Crippen molar-refractivity contribution in [2.24, 2.45) is 5.92 Å². The van der Waals surface area contributed by atoms with E-state index in [0.29, 0.717) is 19.5 Å². The summed E-state index contributed by atoms with van der Waals surface area (Å²) >= 11 is 0. The number of methoxy groups -OCH3 is 2.